The summed E-state index contributed by atoms with van der Waals surface area (Å²) in [5, 5.41) is 11.5. The molecule has 1 fully saturated rings. The highest BCUT2D eigenvalue weighted by atomic mass is 16.5. The molecule has 1 amide bonds. The van der Waals surface area contributed by atoms with E-state index in [-0.39, 0.29) is 11.3 Å². The Balaban J connectivity index is 1.56. The van der Waals surface area contributed by atoms with Crippen molar-refractivity contribution in [2.75, 3.05) is 27.2 Å². The maximum atomic E-state index is 13.4. The fraction of sp³-hybridized carbons (Fsp3) is 0.312. The molecule has 0 spiro atoms. The summed E-state index contributed by atoms with van der Waals surface area (Å²) in [4.78, 5) is 30.4. The van der Waals surface area contributed by atoms with E-state index in [2.05, 4.69) is 0 Å². The minimum Gasteiger partial charge on any atom is -0.507 e. The average Bonchev–Trinajstić information content (AvgIpc) is 3.18. The normalized spacial score (nSPS) is 18.6. The summed E-state index contributed by atoms with van der Waals surface area (Å²) in [5.41, 5.74) is 3.93. The minimum absolute atomic E-state index is 0.119. The van der Waals surface area contributed by atoms with Gasteiger partial charge >= 0.3 is 0 Å². The van der Waals surface area contributed by atoms with Gasteiger partial charge in [0.05, 0.1) is 11.6 Å². The van der Waals surface area contributed by atoms with Gasteiger partial charge in [-0.25, -0.2) is 0 Å². The number of ether oxygens (including phenoxy) is 1. The highest BCUT2D eigenvalue weighted by Gasteiger charge is 2.46. The number of likely N-dealkylation sites (tertiary alicyclic amines) is 1. The van der Waals surface area contributed by atoms with Gasteiger partial charge in [-0.1, -0.05) is 42.5 Å². The number of benzene rings is 3. The molecule has 3 aromatic rings. The van der Waals surface area contributed by atoms with Crippen LogP contribution in [0.2, 0.25) is 0 Å². The zero-order valence-electron chi connectivity index (χ0n) is 22.0. The van der Waals surface area contributed by atoms with Gasteiger partial charge in [0.15, 0.2) is 0 Å². The predicted molar refractivity (Wildman–Crippen MR) is 148 cm³/mol. The molecule has 3 aromatic carbocycles. The van der Waals surface area contributed by atoms with Gasteiger partial charge in [0.2, 0.25) is 0 Å². The van der Waals surface area contributed by atoms with Crippen LogP contribution in [0.25, 0.3) is 5.76 Å². The van der Waals surface area contributed by atoms with Crippen molar-refractivity contribution in [2.24, 2.45) is 0 Å². The standard InChI is InChI=1S/C32H34N2O4/c1-33(2)18-9-19-34-29(24-12-8-15-27(21-24)38-26-13-4-3-5-14-26)28(31(36)32(34)37)30(35)25-17-16-22-10-6-7-11-23(22)20-25/h3-5,8,12-17,20-21,29,35H,6-7,9-11,18-19H2,1-2H3/b30-28-. The Labute approximate surface area is 224 Å². The Morgan fingerprint density at radius 3 is 2.42 bits per heavy atom. The molecule has 0 radical (unpaired) electrons. The summed E-state index contributed by atoms with van der Waals surface area (Å²) in [6.45, 7) is 1.18. The van der Waals surface area contributed by atoms with Gasteiger partial charge in [-0.2, -0.15) is 0 Å². The van der Waals surface area contributed by atoms with E-state index in [1.54, 1.807) is 4.90 Å². The number of hydrogen-bond donors (Lipinski definition) is 1. The van der Waals surface area contributed by atoms with E-state index in [0.717, 1.165) is 37.8 Å². The quantitative estimate of drug-likeness (QED) is 0.238. The van der Waals surface area contributed by atoms with Gasteiger partial charge in [0.25, 0.3) is 11.7 Å². The third-order valence-corrected chi connectivity index (χ3v) is 7.32. The Morgan fingerprint density at radius 2 is 1.66 bits per heavy atom. The van der Waals surface area contributed by atoms with Crippen LogP contribution in [0.1, 0.15) is 47.6 Å². The van der Waals surface area contributed by atoms with E-state index in [1.165, 1.54) is 11.1 Å². The highest BCUT2D eigenvalue weighted by Crippen LogP contribution is 2.41. The summed E-state index contributed by atoms with van der Waals surface area (Å²) in [5.74, 6) is -0.0570. The van der Waals surface area contributed by atoms with Gasteiger partial charge in [0.1, 0.15) is 17.3 Å². The average molecular weight is 511 g/mol. The number of ketones is 1. The van der Waals surface area contributed by atoms with Crippen LogP contribution in [0.4, 0.5) is 0 Å². The van der Waals surface area contributed by atoms with E-state index in [9.17, 15) is 14.7 Å². The number of fused-ring (bicyclic) bond motifs is 1. The van der Waals surface area contributed by atoms with E-state index in [0.29, 0.717) is 30.0 Å². The zero-order chi connectivity index (χ0) is 26.6. The second kappa shape index (κ2) is 11.2. The third kappa shape index (κ3) is 5.36. The molecule has 0 saturated carbocycles. The Bertz CT molecular complexity index is 1360. The SMILES string of the molecule is CN(C)CCCN1C(=O)C(=O)/C(=C(\O)c2ccc3c(c2)CCCC3)C1c1cccc(Oc2ccccc2)c1. The molecule has 1 atom stereocenters. The van der Waals surface area contributed by atoms with Gasteiger partial charge in [0, 0.05) is 12.1 Å². The second-order valence-corrected chi connectivity index (χ2v) is 10.3. The van der Waals surface area contributed by atoms with Crippen molar-refractivity contribution in [3.05, 3.63) is 101 Å². The van der Waals surface area contributed by atoms with Crippen LogP contribution in [0.3, 0.4) is 0 Å². The summed E-state index contributed by atoms with van der Waals surface area (Å²) in [6.07, 6.45) is 4.97. The number of carbonyl (C=O) groups excluding carboxylic acids is 2. The first kappa shape index (κ1) is 25.7. The molecule has 6 heteroatoms. The maximum absolute atomic E-state index is 13.4. The number of aliphatic hydroxyl groups is 1. The van der Waals surface area contributed by atoms with Crippen molar-refractivity contribution in [1.82, 2.24) is 9.80 Å². The first-order valence-electron chi connectivity index (χ1n) is 13.3. The van der Waals surface area contributed by atoms with Crippen LogP contribution in [-0.2, 0) is 22.4 Å². The molecule has 38 heavy (non-hydrogen) atoms. The van der Waals surface area contributed by atoms with Gasteiger partial charge in [-0.05, 0) is 99.8 Å². The van der Waals surface area contributed by atoms with Crippen LogP contribution in [0, 0.1) is 0 Å². The van der Waals surface area contributed by atoms with Crippen LogP contribution in [0.15, 0.2) is 78.4 Å². The van der Waals surface area contributed by atoms with Crippen molar-refractivity contribution in [3.8, 4) is 11.5 Å². The van der Waals surface area contributed by atoms with E-state index >= 15 is 0 Å². The summed E-state index contributed by atoms with van der Waals surface area (Å²) in [7, 11) is 3.96. The van der Waals surface area contributed by atoms with Crippen molar-refractivity contribution in [1.29, 1.82) is 0 Å². The van der Waals surface area contributed by atoms with Gasteiger partial charge < -0.3 is 19.6 Å². The summed E-state index contributed by atoms with van der Waals surface area (Å²) < 4.78 is 6.05. The monoisotopic (exact) mass is 510 g/mol. The number of rotatable bonds is 8. The number of aryl methyl sites for hydroxylation is 2. The lowest BCUT2D eigenvalue weighted by atomic mass is 9.88. The maximum Gasteiger partial charge on any atom is 0.295 e. The Morgan fingerprint density at radius 1 is 0.921 bits per heavy atom. The van der Waals surface area contributed by atoms with Crippen molar-refractivity contribution < 1.29 is 19.4 Å². The van der Waals surface area contributed by atoms with E-state index in [4.69, 9.17) is 4.74 Å². The molecule has 5 rings (SSSR count). The number of amides is 1. The molecule has 196 valence electrons. The number of Topliss-reactive ketones (excluding diaryl/α,β-unsaturated/α-hetero) is 1. The molecule has 1 unspecified atom stereocenters. The van der Waals surface area contributed by atoms with Crippen LogP contribution < -0.4 is 4.74 Å². The van der Waals surface area contributed by atoms with Gasteiger partial charge in [-0.3, -0.25) is 9.59 Å². The molecule has 1 aliphatic heterocycles. The molecule has 6 nitrogen and oxygen atoms in total. The lowest BCUT2D eigenvalue weighted by molar-refractivity contribution is -0.139. The molecule has 0 bridgehead atoms. The molecule has 1 aliphatic carbocycles. The lowest BCUT2D eigenvalue weighted by Crippen LogP contribution is -2.32. The fourth-order valence-electron chi connectivity index (χ4n) is 5.42. The van der Waals surface area contributed by atoms with E-state index < -0.39 is 17.7 Å². The zero-order valence-corrected chi connectivity index (χ0v) is 22.0. The summed E-state index contributed by atoms with van der Waals surface area (Å²) >= 11 is 0. The first-order valence-corrected chi connectivity index (χ1v) is 13.3. The minimum atomic E-state index is -0.701. The Hall–Kier alpha value is -3.90. The van der Waals surface area contributed by atoms with Crippen molar-refractivity contribution >= 4 is 17.4 Å². The van der Waals surface area contributed by atoms with E-state index in [1.807, 2.05) is 91.8 Å². The number of carbonyl (C=O) groups is 2. The number of para-hydroxylation sites is 1. The predicted octanol–water partition coefficient (Wildman–Crippen LogP) is 5.73. The summed E-state index contributed by atoms with van der Waals surface area (Å²) in [6, 6.07) is 22.1. The topological polar surface area (TPSA) is 70.1 Å². The molecule has 1 heterocycles. The van der Waals surface area contributed by atoms with Crippen LogP contribution >= 0.6 is 0 Å². The number of hydrogen-bond acceptors (Lipinski definition) is 5. The highest BCUT2D eigenvalue weighted by molar-refractivity contribution is 6.46. The second-order valence-electron chi connectivity index (χ2n) is 10.3. The van der Waals surface area contributed by atoms with Gasteiger partial charge in [-0.15, -0.1) is 0 Å². The molecule has 1 saturated heterocycles. The smallest absolute Gasteiger partial charge is 0.295 e. The molecule has 1 N–H and O–H groups in total. The van der Waals surface area contributed by atoms with Crippen molar-refractivity contribution in [3.63, 3.8) is 0 Å². The fourth-order valence-corrected chi connectivity index (χ4v) is 5.42. The largest absolute Gasteiger partial charge is 0.507 e. The molecular weight excluding hydrogens is 476 g/mol. The van der Waals surface area contributed by atoms with Crippen LogP contribution in [0.5, 0.6) is 11.5 Å². The number of nitrogens with zero attached hydrogens (tertiary/aromatic N) is 2. The molecular formula is C32H34N2O4. The number of aliphatic hydroxyl groups excluding tert-OH is 1. The molecule has 0 aromatic heterocycles. The first-order chi connectivity index (χ1) is 18.4. The van der Waals surface area contributed by atoms with Crippen LogP contribution in [-0.4, -0.2) is 53.8 Å². The molecule has 2 aliphatic rings. The Kier molecular flexibility index (Phi) is 7.61. The lowest BCUT2D eigenvalue weighted by Gasteiger charge is -2.26. The van der Waals surface area contributed by atoms with Crippen molar-refractivity contribution in [2.45, 2.75) is 38.1 Å². The third-order valence-electron chi connectivity index (χ3n) is 7.32.